The Hall–Kier alpha value is -1.26. The van der Waals surface area contributed by atoms with Crippen molar-refractivity contribution in [3.05, 3.63) is 0 Å². The largest absolute Gasteiger partial charge is 0.508 e. The molecule has 2 saturated heterocycles. The van der Waals surface area contributed by atoms with Gasteiger partial charge in [-0.1, -0.05) is 0 Å². The first-order chi connectivity index (χ1) is 5.75. The van der Waals surface area contributed by atoms with Gasteiger partial charge in [-0.2, -0.15) is 0 Å². The predicted octanol–water partition coefficient (Wildman–Crippen LogP) is 0.0849. The summed E-state index contributed by atoms with van der Waals surface area (Å²) < 4.78 is 14.1. The molecular weight excluding hydrogens is 164 g/mol. The van der Waals surface area contributed by atoms with Gasteiger partial charge in [0.2, 0.25) is 0 Å². The molecule has 0 saturated carbocycles. The molecule has 0 amide bonds. The van der Waals surface area contributed by atoms with Gasteiger partial charge in [-0.25, -0.2) is 4.79 Å². The van der Waals surface area contributed by atoms with Crippen LogP contribution < -0.4 is 0 Å². The maximum absolute atomic E-state index is 10.7. The standard InChI is InChI=1S/C7H8O5/c8-6-1-4(2-10-6)5-3-11-7(9)12-5/h4-5H,1-3H2. The molecule has 2 heterocycles. The van der Waals surface area contributed by atoms with Gasteiger partial charge in [-0.3, -0.25) is 4.79 Å². The van der Waals surface area contributed by atoms with E-state index in [4.69, 9.17) is 9.47 Å². The topological polar surface area (TPSA) is 61.8 Å². The summed E-state index contributed by atoms with van der Waals surface area (Å²) in [6.45, 7) is 0.570. The average molecular weight is 172 g/mol. The van der Waals surface area contributed by atoms with Crippen LogP contribution in [0, 0.1) is 5.92 Å². The van der Waals surface area contributed by atoms with Crippen LogP contribution in [0.2, 0.25) is 0 Å². The fourth-order valence-electron chi connectivity index (χ4n) is 1.34. The zero-order chi connectivity index (χ0) is 8.55. The zero-order valence-corrected chi connectivity index (χ0v) is 6.32. The first kappa shape index (κ1) is 7.39. The highest BCUT2D eigenvalue weighted by Crippen LogP contribution is 2.23. The van der Waals surface area contributed by atoms with Crippen molar-refractivity contribution in [1.29, 1.82) is 0 Å². The molecule has 2 unspecified atom stereocenters. The Labute approximate surface area is 68.6 Å². The molecule has 5 nitrogen and oxygen atoms in total. The maximum atomic E-state index is 10.7. The number of carbonyl (C=O) groups is 2. The van der Waals surface area contributed by atoms with Crippen molar-refractivity contribution in [3.8, 4) is 0 Å². The van der Waals surface area contributed by atoms with Crippen molar-refractivity contribution in [2.24, 2.45) is 5.92 Å². The zero-order valence-electron chi connectivity index (χ0n) is 6.32. The van der Waals surface area contributed by atoms with Crippen LogP contribution >= 0.6 is 0 Å². The van der Waals surface area contributed by atoms with E-state index in [0.717, 1.165) is 0 Å². The van der Waals surface area contributed by atoms with Gasteiger partial charge in [0, 0.05) is 5.92 Å². The molecule has 0 aromatic heterocycles. The minimum Gasteiger partial charge on any atom is -0.465 e. The van der Waals surface area contributed by atoms with E-state index in [1.54, 1.807) is 0 Å². The molecule has 12 heavy (non-hydrogen) atoms. The minimum atomic E-state index is -0.653. The monoisotopic (exact) mass is 172 g/mol. The number of esters is 1. The second kappa shape index (κ2) is 2.66. The van der Waals surface area contributed by atoms with Crippen LogP contribution in [0.3, 0.4) is 0 Å². The maximum Gasteiger partial charge on any atom is 0.508 e. The van der Waals surface area contributed by atoms with Gasteiger partial charge in [-0.15, -0.1) is 0 Å². The van der Waals surface area contributed by atoms with E-state index < -0.39 is 6.16 Å². The summed E-state index contributed by atoms with van der Waals surface area (Å²) in [5, 5.41) is 0. The van der Waals surface area contributed by atoms with E-state index in [2.05, 4.69) is 4.74 Å². The van der Waals surface area contributed by atoms with Crippen LogP contribution in [0.1, 0.15) is 6.42 Å². The fraction of sp³-hybridized carbons (Fsp3) is 0.714. The smallest absolute Gasteiger partial charge is 0.465 e. The van der Waals surface area contributed by atoms with Gasteiger partial charge in [0.1, 0.15) is 12.7 Å². The molecule has 0 radical (unpaired) electrons. The molecule has 0 spiro atoms. The lowest BCUT2D eigenvalue weighted by molar-refractivity contribution is -0.137. The number of ether oxygens (including phenoxy) is 3. The van der Waals surface area contributed by atoms with E-state index in [1.807, 2.05) is 0 Å². The number of hydrogen-bond donors (Lipinski definition) is 0. The first-order valence-corrected chi connectivity index (χ1v) is 3.75. The third-order valence-corrected chi connectivity index (χ3v) is 2.03. The van der Waals surface area contributed by atoms with E-state index in [9.17, 15) is 9.59 Å². The minimum absolute atomic E-state index is 0.0241. The Morgan fingerprint density at radius 1 is 1.17 bits per heavy atom. The number of rotatable bonds is 1. The Bertz CT molecular complexity index is 200. The predicted molar refractivity (Wildman–Crippen MR) is 35.3 cm³/mol. The molecule has 0 aromatic rings. The van der Waals surface area contributed by atoms with Gasteiger partial charge in [0.05, 0.1) is 13.0 Å². The Morgan fingerprint density at radius 3 is 2.50 bits per heavy atom. The van der Waals surface area contributed by atoms with Crippen molar-refractivity contribution in [1.82, 2.24) is 0 Å². The summed E-state index contributed by atoms with van der Waals surface area (Å²) in [6, 6.07) is 0. The van der Waals surface area contributed by atoms with Gasteiger partial charge < -0.3 is 14.2 Å². The molecule has 0 N–H and O–H groups in total. The molecule has 0 bridgehead atoms. The van der Waals surface area contributed by atoms with Crippen molar-refractivity contribution < 1.29 is 23.8 Å². The van der Waals surface area contributed by atoms with Crippen molar-refractivity contribution in [2.45, 2.75) is 12.5 Å². The molecule has 66 valence electrons. The lowest BCUT2D eigenvalue weighted by Gasteiger charge is -2.09. The summed E-state index contributed by atoms with van der Waals surface area (Å²) in [5.74, 6) is -0.258. The number of carbonyl (C=O) groups excluding carboxylic acids is 2. The van der Waals surface area contributed by atoms with E-state index >= 15 is 0 Å². The van der Waals surface area contributed by atoms with Crippen LogP contribution in [0.15, 0.2) is 0 Å². The highest BCUT2D eigenvalue weighted by atomic mass is 16.8. The SMILES string of the molecule is O=C1CC(C2COC(=O)O2)CO1. The third kappa shape index (κ3) is 1.22. The van der Waals surface area contributed by atoms with E-state index in [1.165, 1.54) is 0 Å². The van der Waals surface area contributed by atoms with Gasteiger partial charge in [0.15, 0.2) is 0 Å². The molecule has 2 rings (SSSR count). The lowest BCUT2D eigenvalue weighted by Crippen LogP contribution is -2.23. The molecule has 2 aliphatic rings. The molecule has 2 fully saturated rings. The highest BCUT2D eigenvalue weighted by molar-refractivity contribution is 5.72. The van der Waals surface area contributed by atoms with Gasteiger partial charge in [-0.05, 0) is 0 Å². The summed E-state index contributed by atoms with van der Waals surface area (Å²) in [7, 11) is 0. The van der Waals surface area contributed by atoms with Crippen molar-refractivity contribution >= 4 is 12.1 Å². The summed E-state index contributed by atoms with van der Waals surface area (Å²) in [6.07, 6.45) is -0.635. The normalized spacial score (nSPS) is 34.3. The van der Waals surface area contributed by atoms with E-state index in [-0.39, 0.29) is 24.6 Å². The molecule has 2 aliphatic heterocycles. The molecular formula is C7H8O5. The second-order valence-corrected chi connectivity index (χ2v) is 2.86. The van der Waals surface area contributed by atoms with Crippen molar-refractivity contribution in [3.63, 3.8) is 0 Å². The van der Waals surface area contributed by atoms with Gasteiger partial charge >= 0.3 is 12.1 Å². The molecule has 0 aromatic carbocycles. The first-order valence-electron chi connectivity index (χ1n) is 3.75. The highest BCUT2D eigenvalue weighted by Gasteiger charge is 2.38. The fourth-order valence-corrected chi connectivity index (χ4v) is 1.34. The average Bonchev–Trinajstić information content (AvgIpc) is 2.58. The quantitative estimate of drug-likeness (QED) is 0.524. The molecule has 0 aliphatic carbocycles. The van der Waals surface area contributed by atoms with Crippen LogP contribution in [0.4, 0.5) is 4.79 Å². The molecule has 5 heteroatoms. The van der Waals surface area contributed by atoms with Crippen molar-refractivity contribution in [2.75, 3.05) is 13.2 Å². The Kier molecular flexibility index (Phi) is 1.64. The lowest BCUT2D eigenvalue weighted by atomic mass is 10.0. The van der Waals surface area contributed by atoms with Crippen LogP contribution in [0.5, 0.6) is 0 Å². The molecule has 2 atom stereocenters. The van der Waals surface area contributed by atoms with Crippen LogP contribution in [-0.4, -0.2) is 31.4 Å². The number of hydrogen-bond acceptors (Lipinski definition) is 5. The van der Waals surface area contributed by atoms with Gasteiger partial charge in [0.25, 0.3) is 0 Å². The third-order valence-electron chi connectivity index (χ3n) is 2.03. The van der Waals surface area contributed by atoms with E-state index in [0.29, 0.717) is 13.0 Å². The second-order valence-electron chi connectivity index (χ2n) is 2.86. The Balaban J connectivity index is 1.93. The summed E-state index contributed by atoms with van der Waals surface area (Å²) in [4.78, 5) is 21.2. The number of cyclic esters (lactones) is 3. The summed E-state index contributed by atoms with van der Waals surface area (Å²) >= 11 is 0. The van der Waals surface area contributed by atoms with Crippen LogP contribution in [-0.2, 0) is 19.0 Å². The summed E-state index contributed by atoms with van der Waals surface area (Å²) in [5.41, 5.74) is 0. The Morgan fingerprint density at radius 2 is 2.00 bits per heavy atom. The van der Waals surface area contributed by atoms with Crippen LogP contribution in [0.25, 0.3) is 0 Å².